The van der Waals surface area contributed by atoms with Crippen molar-refractivity contribution in [2.75, 3.05) is 12.3 Å². The third-order valence-electron chi connectivity index (χ3n) is 5.35. The highest BCUT2D eigenvalue weighted by molar-refractivity contribution is 5.91. The number of anilines is 1. The molecule has 0 radical (unpaired) electrons. The van der Waals surface area contributed by atoms with Crippen LogP contribution in [0.4, 0.5) is 14.7 Å². The number of nitrogens with two attached hydrogens (primary N) is 1. The standard InChI is InChI=1S/C22H22F2N6O3/c1-4-6-13(5-2)18-17(14-7-8-16(31)28(3)10-14)19-27-29(21(32)30(19)20(25)26-18)11-15-9-22(23,24)12-33-15/h4-8,10,15H,1-2,9,11-12H2,3H3,(H2,25,26)/b13-6+. The topological polar surface area (TPSA) is 109 Å². The van der Waals surface area contributed by atoms with E-state index in [4.69, 9.17) is 10.5 Å². The van der Waals surface area contributed by atoms with Crippen molar-refractivity contribution in [3.63, 3.8) is 0 Å². The number of aryl methyl sites for hydroxylation is 1. The first kappa shape index (κ1) is 22.3. The molecule has 0 aromatic carbocycles. The lowest BCUT2D eigenvalue weighted by Crippen LogP contribution is -2.28. The Morgan fingerprint density at radius 2 is 2.12 bits per heavy atom. The van der Waals surface area contributed by atoms with E-state index in [0.717, 1.165) is 9.08 Å². The fraction of sp³-hybridized carbons (Fsp3) is 0.273. The van der Waals surface area contributed by atoms with Crippen LogP contribution in [0.3, 0.4) is 0 Å². The molecule has 172 valence electrons. The van der Waals surface area contributed by atoms with Gasteiger partial charge >= 0.3 is 5.69 Å². The second-order valence-corrected chi connectivity index (χ2v) is 7.74. The average molecular weight is 456 g/mol. The van der Waals surface area contributed by atoms with Crippen molar-refractivity contribution in [2.24, 2.45) is 7.05 Å². The highest BCUT2D eigenvalue weighted by Gasteiger charge is 2.41. The Balaban J connectivity index is 1.99. The number of ether oxygens (including phenoxy) is 1. The fourth-order valence-electron chi connectivity index (χ4n) is 3.81. The van der Waals surface area contributed by atoms with Crippen LogP contribution in [0, 0.1) is 0 Å². The molecule has 1 saturated heterocycles. The van der Waals surface area contributed by atoms with Crippen LogP contribution in [0.2, 0.25) is 0 Å². The zero-order valence-electron chi connectivity index (χ0n) is 17.9. The van der Waals surface area contributed by atoms with Gasteiger partial charge in [-0.3, -0.25) is 4.79 Å². The molecule has 0 bridgehead atoms. The Morgan fingerprint density at radius 3 is 2.73 bits per heavy atom. The normalized spacial score (nSPS) is 18.0. The van der Waals surface area contributed by atoms with Crippen LogP contribution >= 0.6 is 0 Å². The van der Waals surface area contributed by atoms with E-state index >= 15 is 0 Å². The lowest BCUT2D eigenvalue weighted by Gasteiger charge is -2.13. The Morgan fingerprint density at radius 1 is 1.36 bits per heavy atom. The minimum atomic E-state index is -2.95. The van der Waals surface area contributed by atoms with Gasteiger partial charge in [0.05, 0.1) is 23.9 Å². The van der Waals surface area contributed by atoms with E-state index in [1.807, 2.05) is 0 Å². The molecule has 1 fully saturated rings. The first-order valence-electron chi connectivity index (χ1n) is 10.1. The van der Waals surface area contributed by atoms with Crippen LogP contribution < -0.4 is 17.0 Å². The molecule has 4 heterocycles. The van der Waals surface area contributed by atoms with Gasteiger partial charge in [0.1, 0.15) is 6.61 Å². The van der Waals surface area contributed by atoms with Gasteiger partial charge in [0.15, 0.2) is 5.65 Å². The number of nitrogens with zero attached hydrogens (tertiary/aromatic N) is 5. The first-order chi connectivity index (χ1) is 15.6. The molecule has 0 amide bonds. The van der Waals surface area contributed by atoms with Crippen molar-refractivity contribution < 1.29 is 13.5 Å². The molecule has 0 aliphatic carbocycles. The van der Waals surface area contributed by atoms with E-state index in [-0.39, 0.29) is 23.7 Å². The zero-order chi connectivity index (χ0) is 23.9. The molecule has 1 aliphatic rings. The van der Waals surface area contributed by atoms with Crippen molar-refractivity contribution in [3.05, 3.63) is 76.2 Å². The van der Waals surface area contributed by atoms with Crippen LogP contribution in [0.25, 0.3) is 22.3 Å². The van der Waals surface area contributed by atoms with Gasteiger partial charge in [0.2, 0.25) is 11.5 Å². The summed E-state index contributed by atoms with van der Waals surface area (Å²) in [4.78, 5) is 29.4. The number of alkyl halides is 2. The smallest absolute Gasteiger partial charge is 0.353 e. The van der Waals surface area contributed by atoms with Crippen LogP contribution in [0.1, 0.15) is 12.1 Å². The van der Waals surface area contributed by atoms with Crippen LogP contribution in [0.15, 0.2) is 59.3 Å². The van der Waals surface area contributed by atoms with E-state index < -0.39 is 30.7 Å². The minimum absolute atomic E-state index is 0.140. The maximum atomic E-state index is 13.6. The summed E-state index contributed by atoms with van der Waals surface area (Å²) in [6, 6.07) is 2.96. The predicted octanol–water partition coefficient (Wildman–Crippen LogP) is 2.02. The molecule has 9 nitrogen and oxygen atoms in total. The molecular formula is C22H22F2N6O3. The summed E-state index contributed by atoms with van der Waals surface area (Å²) in [6.07, 6.45) is 4.96. The fourth-order valence-corrected chi connectivity index (χ4v) is 3.81. The number of allylic oxidation sites excluding steroid dienone is 4. The molecule has 3 aromatic heterocycles. The summed E-state index contributed by atoms with van der Waals surface area (Å²) in [7, 11) is 1.59. The van der Waals surface area contributed by atoms with Gasteiger partial charge in [-0.25, -0.2) is 27.6 Å². The Labute approximate surface area is 186 Å². The Kier molecular flexibility index (Phi) is 5.58. The Hall–Kier alpha value is -3.86. The summed E-state index contributed by atoms with van der Waals surface area (Å²) in [5.74, 6) is -3.09. The van der Waals surface area contributed by atoms with Gasteiger partial charge in [-0.05, 0) is 6.07 Å². The van der Waals surface area contributed by atoms with Gasteiger partial charge in [-0.1, -0.05) is 31.4 Å². The van der Waals surface area contributed by atoms with Gasteiger partial charge in [0, 0.05) is 36.9 Å². The lowest BCUT2D eigenvalue weighted by atomic mass is 10.0. The number of hydrogen-bond acceptors (Lipinski definition) is 6. The molecule has 1 unspecified atom stereocenters. The number of nitrogen functional groups attached to an aromatic ring is 1. The van der Waals surface area contributed by atoms with Crippen molar-refractivity contribution >= 4 is 17.2 Å². The van der Waals surface area contributed by atoms with Gasteiger partial charge < -0.3 is 15.0 Å². The summed E-state index contributed by atoms with van der Waals surface area (Å²) in [5.41, 5.74) is 7.29. The molecule has 1 atom stereocenters. The summed E-state index contributed by atoms with van der Waals surface area (Å²) >= 11 is 0. The molecule has 33 heavy (non-hydrogen) atoms. The third-order valence-corrected chi connectivity index (χ3v) is 5.35. The van der Waals surface area contributed by atoms with E-state index in [0.29, 0.717) is 22.4 Å². The maximum Gasteiger partial charge on any atom is 0.353 e. The molecule has 0 saturated carbocycles. The maximum absolute atomic E-state index is 13.6. The molecule has 3 aromatic rings. The Bertz CT molecular complexity index is 1420. The van der Waals surface area contributed by atoms with E-state index in [1.54, 1.807) is 37.5 Å². The summed E-state index contributed by atoms with van der Waals surface area (Å²) in [5, 5.41) is 4.40. The second-order valence-electron chi connectivity index (χ2n) is 7.74. The molecular weight excluding hydrogens is 434 g/mol. The quantitative estimate of drug-likeness (QED) is 0.569. The number of fused-ring (bicyclic) bond motifs is 1. The van der Waals surface area contributed by atoms with E-state index in [1.165, 1.54) is 10.6 Å². The zero-order valence-corrected chi connectivity index (χ0v) is 17.9. The van der Waals surface area contributed by atoms with Crippen LogP contribution in [0.5, 0.6) is 0 Å². The first-order valence-corrected chi connectivity index (χ1v) is 10.1. The van der Waals surface area contributed by atoms with Gasteiger partial charge in [-0.15, -0.1) is 5.10 Å². The highest BCUT2D eigenvalue weighted by Crippen LogP contribution is 2.33. The summed E-state index contributed by atoms with van der Waals surface area (Å²) < 4.78 is 35.8. The second kappa shape index (κ2) is 8.24. The van der Waals surface area contributed by atoms with E-state index in [9.17, 15) is 18.4 Å². The molecule has 11 heteroatoms. The van der Waals surface area contributed by atoms with Gasteiger partial charge in [-0.2, -0.15) is 0 Å². The van der Waals surface area contributed by atoms with E-state index in [2.05, 4.69) is 23.2 Å². The predicted molar refractivity (Wildman–Crippen MR) is 120 cm³/mol. The van der Waals surface area contributed by atoms with Crippen LogP contribution in [-0.4, -0.2) is 42.4 Å². The number of hydrogen-bond donors (Lipinski definition) is 1. The molecule has 1 aliphatic heterocycles. The van der Waals surface area contributed by atoms with Gasteiger partial charge in [0.25, 0.3) is 5.92 Å². The number of halogens is 2. The molecule has 4 rings (SSSR count). The highest BCUT2D eigenvalue weighted by atomic mass is 19.3. The molecule has 2 N–H and O–H groups in total. The monoisotopic (exact) mass is 456 g/mol. The number of rotatable bonds is 6. The van der Waals surface area contributed by atoms with Crippen molar-refractivity contribution in [3.8, 4) is 11.1 Å². The molecule has 0 spiro atoms. The van der Waals surface area contributed by atoms with Crippen molar-refractivity contribution in [1.29, 1.82) is 0 Å². The summed E-state index contributed by atoms with van der Waals surface area (Å²) in [6.45, 7) is 6.62. The lowest BCUT2D eigenvalue weighted by molar-refractivity contribution is -0.0107. The third kappa shape index (κ3) is 4.02. The number of aromatic nitrogens is 5. The minimum Gasteiger partial charge on any atom is -0.370 e. The average Bonchev–Trinajstić information content (AvgIpc) is 3.27. The largest absolute Gasteiger partial charge is 0.370 e. The van der Waals surface area contributed by atoms with Crippen molar-refractivity contribution in [2.45, 2.75) is 25.0 Å². The number of pyridine rings is 1. The van der Waals surface area contributed by atoms with Crippen molar-refractivity contribution in [1.82, 2.24) is 23.7 Å². The SMILES string of the molecule is C=C/C=C(\C=C)c1nc(N)n2c(=O)n(CC3CC(F)(F)CO3)nc2c1-c1ccc(=O)n(C)c1. The van der Waals surface area contributed by atoms with Crippen LogP contribution in [-0.2, 0) is 18.3 Å².